The minimum absolute atomic E-state index is 0.108. The van der Waals surface area contributed by atoms with E-state index in [-0.39, 0.29) is 11.7 Å². The van der Waals surface area contributed by atoms with Crippen molar-refractivity contribution in [2.24, 2.45) is 0 Å². The number of anilines is 1. The van der Waals surface area contributed by atoms with Crippen molar-refractivity contribution in [3.8, 4) is 11.4 Å². The average molecular weight is 408 g/mol. The van der Waals surface area contributed by atoms with E-state index in [0.717, 1.165) is 11.3 Å². The van der Waals surface area contributed by atoms with Crippen molar-refractivity contribution in [1.29, 1.82) is 0 Å². The number of hydrogen-bond acceptors (Lipinski definition) is 4. The van der Waals surface area contributed by atoms with Gasteiger partial charge in [0.2, 0.25) is 11.9 Å². The second-order valence-corrected chi connectivity index (χ2v) is 7.17. The maximum absolute atomic E-state index is 14.2. The van der Waals surface area contributed by atoms with Gasteiger partial charge in [0.05, 0.1) is 18.7 Å². The number of para-hydroxylation sites is 1. The lowest BCUT2D eigenvalue weighted by Gasteiger charge is -2.35. The van der Waals surface area contributed by atoms with Gasteiger partial charge in [0.1, 0.15) is 11.6 Å². The van der Waals surface area contributed by atoms with Crippen molar-refractivity contribution in [2.45, 2.75) is 13.3 Å². The Labute approximate surface area is 175 Å². The highest BCUT2D eigenvalue weighted by Crippen LogP contribution is 2.22. The number of rotatable bonds is 6. The number of imidazole rings is 1. The summed E-state index contributed by atoms with van der Waals surface area (Å²) in [5.74, 6) is 1.32. The third-order valence-corrected chi connectivity index (χ3v) is 5.24. The van der Waals surface area contributed by atoms with Crippen molar-refractivity contribution in [1.82, 2.24) is 14.5 Å². The van der Waals surface area contributed by atoms with Gasteiger partial charge < -0.3 is 14.5 Å². The molecule has 0 aliphatic carbocycles. The Balaban J connectivity index is 1.37. The number of carbonyl (C=O) groups excluding carboxylic acids is 1. The molecule has 1 aliphatic rings. The molecule has 156 valence electrons. The van der Waals surface area contributed by atoms with Crippen molar-refractivity contribution >= 4 is 11.9 Å². The van der Waals surface area contributed by atoms with Gasteiger partial charge >= 0.3 is 0 Å². The van der Waals surface area contributed by atoms with Crippen LogP contribution in [-0.2, 0) is 11.2 Å². The van der Waals surface area contributed by atoms with E-state index in [1.54, 1.807) is 35.2 Å². The molecule has 0 unspecified atom stereocenters. The van der Waals surface area contributed by atoms with E-state index < -0.39 is 0 Å². The molecule has 1 amide bonds. The molecule has 0 saturated carbocycles. The smallest absolute Gasteiger partial charge is 0.227 e. The van der Waals surface area contributed by atoms with Gasteiger partial charge in [0.15, 0.2) is 0 Å². The third-order valence-electron chi connectivity index (χ3n) is 5.24. The molecular formula is C23H25FN4O2. The predicted molar refractivity (Wildman–Crippen MR) is 114 cm³/mol. The fraction of sp³-hybridized carbons (Fsp3) is 0.304. The number of carbonyl (C=O) groups is 1. The Morgan fingerprint density at radius 1 is 1.07 bits per heavy atom. The topological polar surface area (TPSA) is 50.6 Å². The summed E-state index contributed by atoms with van der Waals surface area (Å²) < 4.78 is 21.4. The van der Waals surface area contributed by atoms with Gasteiger partial charge in [-0.05, 0) is 36.8 Å². The van der Waals surface area contributed by atoms with E-state index in [9.17, 15) is 9.18 Å². The first-order chi connectivity index (χ1) is 14.7. The summed E-state index contributed by atoms with van der Waals surface area (Å²) in [5, 5.41) is 0. The second kappa shape index (κ2) is 8.98. The number of aromatic nitrogens is 2. The van der Waals surface area contributed by atoms with E-state index in [2.05, 4.69) is 9.88 Å². The van der Waals surface area contributed by atoms with Gasteiger partial charge in [-0.3, -0.25) is 9.36 Å². The minimum Gasteiger partial charge on any atom is -0.494 e. The maximum atomic E-state index is 14.2. The maximum Gasteiger partial charge on any atom is 0.227 e. The highest BCUT2D eigenvalue weighted by Gasteiger charge is 2.24. The lowest BCUT2D eigenvalue weighted by Crippen LogP contribution is -2.49. The molecule has 7 heteroatoms. The van der Waals surface area contributed by atoms with Crippen LogP contribution in [-0.4, -0.2) is 53.1 Å². The van der Waals surface area contributed by atoms with Gasteiger partial charge in [-0.15, -0.1) is 0 Å². The highest BCUT2D eigenvalue weighted by molar-refractivity contribution is 5.79. The lowest BCUT2D eigenvalue weighted by molar-refractivity contribution is -0.130. The summed E-state index contributed by atoms with van der Waals surface area (Å²) in [7, 11) is 0. The van der Waals surface area contributed by atoms with Crippen molar-refractivity contribution in [3.05, 3.63) is 72.3 Å². The van der Waals surface area contributed by atoms with Crippen LogP contribution in [0.5, 0.6) is 5.75 Å². The number of halogens is 1. The lowest BCUT2D eigenvalue weighted by atomic mass is 10.1. The zero-order chi connectivity index (χ0) is 20.9. The molecule has 0 bridgehead atoms. The van der Waals surface area contributed by atoms with Crippen molar-refractivity contribution in [3.63, 3.8) is 0 Å². The quantitative estimate of drug-likeness (QED) is 0.628. The summed E-state index contributed by atoms with van der Waals surface area (Å²) in [4.78, 5) is 21.1. The van der Waals surface area contributed by atoms with Crippen LogP contribution in [0.2, 0.25) is 0 Å². The number of nitrogens with zero attached hydrogens (tertiary/aromatic N) is 4. The summed E-state index contributed by atoms with van der Waals surface area (Å²) in [6.07, 6.45) is 3.80. The van der Waals surface area contributed by atoms with Gasteiger partial charge in [-0.25, -0.2) is 9.37 Å². The molecule has 1 aromatic heterocycles. The van der Waals surface area contributed by atoms with Crippen LogP contribution in [0, 0.1) is 5.82 Å². The first kappa shape index (κ1) is 19.9. The number of amides is 1. The van der Waals surface area contributed by atoms with Crippen LogP contribution < -0.4 is 9.64 Å². The van der Waals surface area contributed by atoms with Crippen LogP contribution in [0.25, 0.3) is 5.69 Å². The number of hydrogen-bond donors (Lipinski definition) is 0. The normalized spacial score (nSPS) is 14.1. The fourth-order valence-corrected chi connectivity index (χ4v) is 3.68. The van der Waals surface area contributed by atoms with E-state index >= 15 is 0 Å². The van der Waals surface area contributed by atoms with Crippen LogP contribution in [0.1, 0.15) is 12.5 Å². The first-order valence-corrected chi connectivity index (χ1v) is 10.2. The average Bonchev–Trinajstić information content (AvgIpc) is 3.25. The van der Waals surface area contributed by atoms with E-state index in [1.807, 2.05) is 36.1 Å². The van der Waals surface area contributed by atoms with Crippen LogP contribution in [0.3, 0.4) is 0 Å². The standard InChI is InChI=1S/C23H25FN4O2/c1-2-30-19-9-7-18(8-10-19)17-22(29)26-13-15-27(16-14-26)23-25-11-12-28(23)21-6-4-3-5-20(21)24/h3-12H,2,13-17H2,1H3. The first-order valence-electron chi connectivity index (χ1n) is 10.2. The van der Waals surface area contributed by atoms with E-state index in [0.29, 0.717) is 50.8 Å². The zero-order valence-electron chi connectivity index (χ0n) is 17.0. The third kappa shape index (κ3) is 4.30. The molecule has 0 atom stereocenters. The number of piperazine rings is 1. The largest absolute Gasteiger partial charge is 0.494 e. The predicted octanol–water partition coefficient (Wildman–Crippen LogP) is 3.30. The Kier molecular flexibility index (Phi) is 5.97. The second-order valence-electron chi connectivity index (χ2n) is 7.17. The van der Waals surface area contributed by atoms with Gasteiger partial charge in [-0.2, -0.15) is 0 Å². The molecule has 4 rings (SSSR count). The monoisotopic (exact) mass is 408 g/mol. The van der Waals surface area contributed by atoms with Gasteiger partial charge in [0.25, 0.3) is 0 Å². The Morgan fingerprint density at radius 3 is 2.50 bits per heavy atom. The Hall–Kier alpha value is -3.35. The molecule has 0 radical (unpaired) electrons. The molecule has 6 nitrogen and oxygen atoms in total. The fourth-order valence-electron chi connectivity index (χ4n) is 3.68. The van der Waals surface area contributed by atoms with Gasteiger partial charge in [0, 0.05) is 38.6 Å². The summed E-state index contributed by atoms with van der Waals surface area (Å²) in [6, 6.07) is 14.3. The molecule has 2 heterocycles. The van der Waals surface area contributed by atoms with E-state index in [1.165, 1.54) is 6.07 Å². The van der Waals surface area contributed by atoms with Crippen molar-refractivity contribution in [2.75, 3.05) is 37.7 Å². The molecule has 1 aliphatic heterocycles. The minimum atomic E-state index is -0.291. The summed E-state index contributed by atoms with van der Waals surface area (Å²) >= 11 is 0. The Morgan fingerprint density at radius 2 is 1.80 bits per heavy atom. The van der Waals surface area contributed by atoms with Crippen molar-refractivity contribution < 1.29 is 13.9 Å². The van der Waals surface area contributed by atoms with Crippen LogP contribution in [0.15, 0.2) is 60.9 Å². The zero-order valence-corrected chi connectivity index (χ0v) is 17.0. The van der Waals surface area contributed by atoms with Crippen LogP contribution in [0.4, 0.5) is 10.3 Å². The molecule has 3 aromatic rings. The number of benzene rings is 2. The van der Waals surface area contributed by atoms with Crippen LogP contribution >= 0.6 is 0 Å². The molecule has 0 N–H and O–H groups in total. The molecule has 1 fully saturated rings. The summed E-state index contributed by atoms with van der Waals surface area (Å²) in [6.45, 7) is 5.10. The van der Waals surface area contributed by atoms with Gasteiger partial charge in [-0.1, -0.05) is 24.3 Å². The van der Waals surface area contributed by atoms with E-state index in [4.69, 9.17) is 4.74 Å². The SMILES string of the molecule is CCOc1ccc(CC(=O)N2CCN(c3nccn3-c3ccccc3F)CC2)cc1. The summed E-state index contributed by atoms with van der Waals surface area (Å²) in [5.41, 5.74) is 1.44. The highest BCUT2D eigenvalue weighted by atomic mass is 19.1. The molecule has 2 aromatic carbocycles. The number of ether oxygens (including phenoxy) is 1. The molecule has 30 heavy (non-hydrogen) atoms. The molecule has 1 saturated heterocycles. The Bertz CT molecular complexity index is 994. The molecular weight excluding hydrogens is 383 g/mol. The molecule has 0 spiro atoms.